The molecule has 16 heavy (non-hydrogen) atoms. The van der Waals surface area contributed by atoms with E-state index in [2.05, 4.69) is 4.98 Å². The molecule has 2 aromatic rings. The number of nitro groups is 1. The predicted octanol–water partition coefficient (Wildman–Crippen LogP) is 3.21. The first-order chi connectivity index (χ1) is 7.58. The van der Waals surface area contributed by atoms with Gasteiger partial charge < -0.3 is 4.42 Å². The van der Waals surface area contributed by atoms with Crippen molar-refractivity contribution in [3.8, 4) is 11.3 Å². The van der Waals surface area contributed by atoms with Crippen molar-refractivity contribution in [1.82, 2.24) is 4.98 Å². The molecule has 1 aromatic carbocycles. The third-order valence-corrected chi connectivity index (χ3v) is 2.28. The highest BCUT2D eigenvalue weighted by molar-refractivity contribution is 6.31. The summed E-state index contributed by atoms with van der Waals surface area (Å²) in [5.74, 6) is 0.788. The van der Waals surface area contributed by atoms with Crippen LogP contribution in [-0.4, -0.2) is 9.91 Å². The van der Waals surface area contributed by atoms with Gasteiger partial charge in [0.2, 0.25) is 0 Å². The fourth-order valence-electron chi connectivity index (χ4n) is 1.35. The molecule has 0 saturated carbocycles. The summed E-state index contributed by atoms with van der Waals surface area (Å²) in [6.07, 6.45) is 1.44. The second-order valence-corrected chi connectivity index (χ2v) is 3.60. The van der Waals surface area contributed by atoms with Crippen LogP contribution in [0.1, 0.15) is 5.89 Å². The minimum absolute atomic E-state index is 0.0550. The molecule has 2 rings (SSSR count). The van der Waals surface area contributed by atoms with Crippen LogP contribution in [0, 0.1) is 17.0 Å². The van der Waals surface area contributed by atoms with Crippen molar-refractivity contribution < 1.29 is 9.34 Å². The lowest BCUT2D eigenvalue weighted by molar-refractivity contribution is -0.384. The fourth-order valence-corrected chi connectivity index (χ4v) is 1.52. The quantitative estimate of drug-likeness (QED) is 0.595. The van der Waals surface area contributed by atoms with E-state index in [0.29, 0.717) is 22.2 Å². The number of nitro benzene ring substituents is 1. The van der Waals surface area contributed by atoms with E-state index in [1.54, 1.807) is 6.92 Å². The highest BCUT2D eigenvalue weighted by Crippen LogP contribution is 2.32. The van der Waals surface area contributed by atoms with Crippen LogP contribution < -0.4 is 0 Å². The number of halogens is 1. The first kappa shape index (κ1) is 10.6. The summed E-state index contributed by atoms with van der Waals surface area (Å²) in [6.45, 7) is 1.67. The summed E-state index contributed by atoms with van der Waals surface area (Å²) < 4.78 is 5.24. The maximum Gasteiger partial charge on any atom is 0.280 e. The number of hydrogen-bond donors (Lipinski definition) is 0. The Hall–Kier alpha value is -1.88. The van der Waals surface area contributed by atoms with Gasteiger partial charge in [-0.25, -0.2) is 4.98 Å². The molecule has 1 aromatic heterocycles. The molecule has 0 aliphatic rings. The minimum Gasteiger partial charge on any atom is -0.441 e. The molecule has 0 N–H and O–H groups in total. The highest BCUT2D eigenvalue weighted by Gasteiger charge is 2.18. The normalized spacial score (nSPS) is 10.4. The number of nitrogens with zero attached hydrogens (tertiary/aromatic N) is 2. The van der Waals surface area contributed by atoms with Gasteiger partial charge in [0, 0.05) is 18.0 Å². The second kappa shape index (κ2) is 3.94. The summed E-state index contributed by atoms with van der Waals surface area (Å²) in [6, 6.07) is 4.29. The van der Waals surface area contributed by atoms with E-state index >= 15 is 0 Å². The minimum atomic E-state index is -0.483. The van der Waals surface area contributed by atoms with Crippen LogP contribution in [0.3, 0.4) is 0 Å². The van der Waals surface area contributed by atoms with Gasteiger partial charge in [-0.2, -0.15) is 0 Å². The van der Waals surface area contributed by atoms with Gasteiger partial charge in [-0.1, -0.05) is 11.6 Å². The second-order valence-electron chi connectivity index (χ2n) is 3.16. The Morgan fingerprint density at radius 2 is 2.25 bits per heavy atom. The molecule has 0 bridgehead atoms. The Balaban J connectivity index is 2.62. The molecule has 82 valence electrons. The SMILES string of the molecule is Cc1ncc(-c2cc(Cl)ccc2[N+](=O)[O-])o1. The maximum absolute atomic E-state index is 10.8. The monoisotopic (exact) mass is 238 g/mol. The summed E-state index contributed by atoms with van der Waals surface area (Å²) in [4.78, 5) is 14.2. The number of aryl methyl sites for hydroxylation is 1. The molecule has 0 fully saturated rings. The van der Waals surface area contributed by atoms with Gasteiger partial charge >= 0.3 is 0 Å². The van der Waals surface area contributed by atoms with Gasteiger partial charge in [0.1, 0.15) is 0 Å². The number of aromatic nitrogens is 1. The first-order valence-corrected chi connectivity index (χ1v) is 4.82. The van der Waals surface area contributed by atoms with E-state index in [0.717, 1.165) is 0 Å². The summed E-state index contributed by atoms with van der Waals surface area (Å²) >= 11 is 5.79. The van der Waals surface area contributed by atoms with E-state index in [1.165, 1.54) is 24.4 Å². The van der Waals surface area contributed by atoms with Crippen molar-refractivity contribution in [3.05, 3.63) is 45.4 Å². The molecule has 6 heteroatoms. The van der Waals surface area contributed by atoms with Crippen LogP contribution in [0.25, 0.3) is 11.3 Å². The van der Waals surface area contributed by atoms with Crippen molar-refractivity contribution in [2.45, 2.75) is 6.92 Å². The smallest absolute Gasteiger partial charge is 0.280 e. The Morgan fingerprint density at radius 3 is 2.81 bits per heavy atom. The Kier molecular flexibility index (Phi) is 2.62. The van der Waals surface area contributed by atoms with Crippen molar-refractivity contribution in [2.75, 3.05) is 0 Å². The number of rotatable bonds is 2. The predicted molar refractivity (Wildman–Crippen MR) is 58.3 cm³/mol. The molecular weight excluding hydrogens is 232 g/mol. The maximum atomic E-state index is 10.8. The van der Waals surface area contributed by atoms with Crippen molar-refractivity contribution >= 4 is 17.3 Å². The molecule has 0 radical (unpaired) electrons. The zero-order valence-corrected chi connectivity index (χ0v) is 9.06. The Bertz CT molecular complexity index is 551. The number of benzene rings is 1. The van der Waals surface area contributed by atoms with Crippen LogP contribution in [0.15, 0.2) is 28.8 Å². The van der Waals surface area contributed by atoms with E-state index in [1.807, 2.05) is 0 Å². The van der Waals surface area contributed by atoms with E-state index in [9.17, 15) is 10.1 Å². The molecule has 5 nitrogen and oxygen atoms in total. The molecule has 0 spiro atoms. The van der Waals surface area contributed by atoms with Gasteiger partial charge in [-0.3, -0.25) is 10.1 Å². The molecule has 0 unspecified atom stereocenters. The molecular formula is C10H7ClN2O3. The summed E-state index contributed by atoms with van der Waals surface area (Å²) in [7, 11) is 0. The van der Waals surface area contributed by atoms with E-state index < -0.39 is 4.92 Å². The molecule has 0 saturated heterocycles. The summed E-state index contributed by atoms with van der Waals surface area (Å²) in [5, 5.41) is 11.2. The van der Waals surface area contributed by atoms with Gasteiger partial charge in [0.15, 0.2) is 11.7 Å². The lowest BCUT2D eigenvalue weighted by Crippen LogP contribution is -1.91. The lowest BCUT2D eigenvalue weighted by Gasteiger charge is -1.99. The van der Waals surface area contributed by atoms with Gasteiger partial charge in [-0.15, -0.1) is 0 Å². The lowest BCUT2D eigenvalue weighted by atomic mass is 10.1. The molecule has 1 heterocycles. The third-order valence-electron chi connectivity index (χ3n) is 2.04. The van der Waals surface area contributed by atoms with Crippen molar-refractivity contribution in [3.63, 3.8) is 0 Å². The molecule has 0 aliphatic carbocycles. The Morgan fingerprint density at radius 1 is 1.50 bits per heavy atom. The van der Waals surface area contributed by atoms with Crippen molar-refractivity contribution in [2.24, 2.45) is 0 Å². The zero-order chi connectivity index (χ0) is 11.7. The number of oxazole rings is 1. The average Bonchev–Trinajstić information content (AvgIpc) is 2.64. The van der Waals surface area contributed by atoms with Crippen LogP contribution in [0.2, 0.25) is 5.02 Å². The van der Waals surface area contributed by atoms with Crippen LogP contribution in [0.4, 0.5) is 5.69 Å². The van der Waals surface area contributed by atoms with Crippen molar-refractivity contribution in [1.29, 1.82) is 0 Å². The largest absolute Gasteiger partial charge is 0.441 e. The van der Waals surface area contributed by atoms with Gasteiger partial charge in [0.25, 0.3) is 5.69 Å². The van der Waals surface area contributed by atoms with E-state index in [4.69, 9.17) is 16.0 Å². The Labute approximate surface area is 95.8 Å². The topological polar surface area (TPSA) is 69.2 Å². The van der Waals surface area contributed by atoms with E-state index in [-0.39, 0.29) is 5.69 Å². The molecule has 0 amide bonds. The fraction of sp³-hybridized carbons (Fsp3) is 0.100. The van der Waals surface area contributed by atoms with Gasteiger partial charge in [-0.05, 0) is 12.1 Å². The van der Waals surface area contributed by atoms with Crippen LogP contribution in [0.5, 0.6) is 0 Å². The zero-order valence-electron chi connectivity index (χ0n) is 8.31. The standard InChI is InChI=1S/C10H7ClN2O3/c1-6-12-5-10(16-6)8-4-7(11)2-3-9(8)13(14)15/h2-5H,1H3. The van der Waals surface area contributed by atoms with Gasteiger partial charge in [0.05, 0.1) is 16.7 Å². The number of hydrogen-bond acceptors (Lipinski definition) is 4. The van der Waals surface area contributed by atoms with Crippen LogP contribution >= 0.6 is 11.6 Å². The summed E-state index contributed by atoms with van der Waals surface area (Å²) in [5.41, 5.74) is 0.277. The average molecular weight is 239 g/mol. The molecule has 0 atom stereocenters. The van der Waals surface area contributed by atoms with Crippen LogP contribution in [-0.2, 0) is 0 Å². The first-order valence-electron chi connectivity index (χ1n) is 4.44. The third kappa shape index (κ3) is 1.90. The molecule has 0 aliphatic heterocycles. The highest BCUT2D eigenvalue weighted by atomic mass is 35.5.